The molecule has 184 valence electrons. The Balaban J connectivity index is 1.50. The van der Waals surface area contributed by atoms with E-state index in [0.717, 1.165) is 37.7 Å². The summed E-state index contributed by atoms with van der Waals surface area (Å²) < 4.78 is 7.82. The van der Waals surface area contributed by atoms with Crippen molar-refractivity contribution in [2.75, 3.05) is 44.4 Å². The summed E-state index contributed by atoms with van der Waals surface area (Å²) in [4.78, 5) is 9.22. The number of anilines is 1. The number of rotatable bonds is 7. The molecule has 2 aromatic heterocycles. The molecule has 0 radical (unpaired) electrons. The van der Waals surface area contributed by atoms with Crippen molar-refractivity contribution >= 4 is 23.0 Å². The molecular weight excluding hydrogens is 458 g/mol. The van der Waals surface area contributed by atoms with Crippen LogP contribution in [0.3, 0.4) is 0 Å². The van der Waals surface area contributed by atoms with Crippen molar-refractivity contribution in [3.63, 3.8) is 0 Å². The number of aryl methyl sites for hydroxylation is 1. The van der Waals surface area contributed by atoms with Crippen molar-refractivity contribution in [2.45, 2.75) is 32.4 Å². The Bertz CT molecular complexity index is 1160. The molecule has 2 atom stereocenters. The molecule has 2 aliphatic heterocycles. The lowest BCUT2D eigenvalue weighted by molar-refractivity contribution is 0.122. The number of morpholine rings is 1. The van der Waals surface area contributed by atoms with E-state index in [1.807, 2.05) is 24.4 Å². The number of ether oxygens (including phenoxy) is 1. The van der Waals surface area contributed by atoms with Gasteiger partial charge in [-0.2, -0.15) is 0 Å². The fourth-order valence-corrected chi connectivity index (χ4v) is 5.68. The lowest BCUT2D eigenvalue weighted by Gasteiger charge is -2.29. The van der Waals surface area contributed by atoms with E-state index in [1.54, 1.807) is 0 Å². The monoisotopic (exact) mass is 491 g/mol. The van der Waals surface area contributed by atoms with Crippen LogP contribution in [0.25, 0.3) is 5.69 Å². The maximum atomic E-state index is 9.50. The van der Waals surface area contributed by atoms with Gasteiger partial charge in [-0.25, -0.2) is 0 Å². The largest absolute Gasteiger partial charge is 0.396 e. The summed E-state index contributed by atoms with van der Waals surface area (Å²) >= 11 is 5.75. The smallest absolute Gasteiger partial charge is 0.170 e. The van der Waals surface area contributed by atoms with Crippen molar-refractivity contribution in [2.24, 2.45) is 0 Å². The second-order valence-electron chi connectivity index (χ2n) is 9.17. The van der Waals surface area contributed by atoms with Gasteiger partial charge in [0, 0.05) is 55.2 Å². The minimum atomic E-state index is -0.0555. The minimum absolute atomic E-state index is 0.00322. The maximum Gasteiger partial charge on any atom is 0.170 e. The van der Waals surface area contributed by atoms with Crippen LogP contribution in [0.15, 0.2) is 54.7 Å². The van der Waals surface area contributed by atoms with Crippen LogP contribution in [0.4, 0.5) is 5.69 Å². The van der Waals surface area contributed by atoms with Crippen molar-refractivity contribution in [3.8, 4) is 5.69 Å². The molecule has 35 heavy (non-hydrogen) atoms. The van der Waals surface area contributed by atoms with Crippen LogP contribution in [0, 0.1) is 13.8 Å². The number of aliphatic hydroxyl groups excluding tert-OH is 1. The molecule has 1 aromatic carbocycles. The number of nitrogens with zero attached hydrogens (tertiary/aromatic N) is 4. The van der Waals surface area contributed by atoms with Gasteiger partial charge in [0.15, 0.2) is 5.11 Å². The predicted molar refractivity (Wildman–Crippen MR) is 142 cm³/mol. The number of hydrogen-bond acceptors (Lipinski definition) is 5. The van der Waals surface area contributed by atoms with Gasteiger partial charge >= 0.3 is 0 Å². The van der Waals surface area contributed by atoms with E-state index in [-0.39, 0.29) is 18.7 Å². The Hall–Kier alpha value is -2.94. The Morgan fingerprint density at radius 3 is 2.51 bits per heavy atom. The molecular formula is C27H33N5O2S. The van der Waals surface area contributed by atoms with Crippen molar-refractivity contribution in [3.05, 3.63) is 77.4 Å². The summed E-state index contributed by atoms with van der Waals surface area (Å²) in [5.41, 5.74) is 6.93. The van der Waals surface area contributed by atoms with Gasteiger partial charge in [0.25, 0.3) is 0 Å². The molecule has 4 heterocycles. The average molecular weight is 492 g/mol. The molecule has 0 amide bonds. The van der Waals surface area contributed by atoms with Gasteiger partial charge in [-0.1, -0.05) is 6.07 Å². The minimum Gasteiger partial charge on any atom is -0.396 e. The number of hydrogen-bond donors (Lipinski definition) is 2. The van der Waals surface area contributed by atoms with Crippen LogP contribution in [0.5, 0.6) is 0 Å². The Labute approximate surface area is 212 Å². The molecule has 0 bridgehead atoms. The van der Waals surface area contributed by atoms with Crippen LogP contribution in [0.1, 0.15) is 41.1 Å². The molecule has 2 aliphatic rings. The molecule has 0 saturated carbocycles. The predicted octanol–water partition coefficient (Wildman–Crippen LogP) is 3.68. The topological polar surface area (TPSA) is 65.8 Å². The molecule has 2 N–H and O–H groups in total. The zero-order valence-electron chi connectivity index (χ0n) is 20.4. The Morgan fingerprint density at radius 1 is 1.09 bits per heavy atom. The third-order valence-corrected chi connectivity index (χ3v) is 7.38. The highest BCUT2D eigenvalue weighted by Gasteiger charge is 2.41. The zero-order chi connectivity index (χ0) is 24.4. The van der Waals surface area contributed by atoms with E-state index in [4.69, 9.17) is 17.0 Å². The first-order valence-electron chi connectivity index (χ1n) is 12.3. The van der Waals surface area contributed by atoms with E-state index in [1.165, 1.54) is 22.6 Å². The number of thiocarbonyl (C=S) groups is 1. The highest BCUT2D eigenvalue weighted by molar-refractivity contribution is 7.80. The number of aliphatic hydroxyl groups is 1. The highest BCUT2D eigenvalue weighted by atomic mass is 32.1. The Kier molecular flexibility index (Phi) is 7.04. The number of nitrogens with one attached hydrogen (secondary N) is 1. The lowest BCUT2D eigenvalue weighted by atomic mass is 9.96. The van der Waals surface area contributed by atoms with Crippen LogP contribution < -0.4 is 10.2 Å². The summed E-state index contributed by atoms with van der Waals surface area (Å²) in [6.45, 7) is 8.57. The van der Waals surface area contributed by atoms with Gasteiger partial charge in [-0.3, -0.25) is 4.98 Å². The second-order valence-corrected chi connectivity index (χ2v) is 9.56. The van der Waals surface area contributed by atoms with E-state index in [2.05, 4.69) is 68.8 Å². The SMILES string of the molecule is Cc1cc([C@@H]2[C@H](c3ccccn3)NC(=S)N2CCCO)c(C)n1-c1ccc(N2CCOCC2)cc1. The molecule has 0 spiro atoms. The average Bonchev–Trinajstić information content (AvgIpc) is 3.38. The van der Waals surface area contributed by atoms with E-state index in [9.17, 15) is 5.11 Å². The molecule has 2 fully saturated rings. The van der Waals surface area contributed by atoms with E-state index in [0.29, 0.717) is 18.1 Å². The van der Waals surface area contributed by atoms with E-state index >= 15 is 0 Å². The van der Waals surface area contributed by atoms with Crippen LogP contribution >= 0.6 is 12.2 Å². The van der Waals surface area contributed by atoms with Crippen LogP contribution in [-0.4, -0.2) is 64.1 Å². The summed E-state index contributed by atoms with van der Waals surface area (Å²) in [5, 5.41) is 13.7. The number of pyridine rings is 1. The summed E-state index contributed by atoms with van der Waals surface area (Å²) in [5.74, 6) is 0. The third kappa shape index (κ3) is 4.66. The van der Waals surface area contributed by atoms with Gasteiger partial charge in [-0.15, -0.1) is 0 Å². The fourth-order valence-electron chi connectivity index (χ4n) is 5.34. The summed E-state index contributed by atoms with van der Waals surface area (Å²) in [6.07, 6.45) is 2.49. The number of aromatic nitrogens is 2. The Morgan fingerprint density at radius 2 is 1.83 bits per heavy atom. The summed E-state index contributed by atoms with van der Waals surface area (Å²) in [6, 6.07) is 17.0. The molecule has 0 unspecified atom stereocenters. The van der Waals surface area contributed by atoms with E-state index < -0.39 is 0 Å². The van der Waals surface area contributed by atoms with Gasteiger partial charge in [0.1, 0.15) is 0 Å². The van der Waals surface area contributed by atoms with Crippen molar-refractivity contribution in [1.82, 2.24) is 19.8 Å². The second kappa shape index (κ2) is 10.4. The standard InChI is InChI=1S/C27H33N5O2S/c1-19-18-23(20(2)32(19)22-9-7-21(8-10-22)30-13-16-34-17-14-30)26-25(24-6-3-4-11-28-24)29-27(35)31(26)12-5-15-33/h3-4,6-11,18,25-26,33H,5,12-17H2,1-2H3,(H,29,35)/t25-,26+/m0/s1. The van der Waals surface area contributed by atoms with Crippen molar-refractivity contribution < 1.29 is 9.84 Å². The molecule has 8 heteroatoms. The fraction of sp³-hybridized carbons (Fsp3) is 0.407. The first kappa shape index (κ1) is 23.8. The first-order chi connectivity index (χ1) is 17.1. The van der Waals surface area contributed by atoms with Crippen LogP contribution in [-0.2, 0) is 4.74 Å². The summed E-state index contributed by atoms with van der Waals surface area (Å²) in [7, 11) is 0. The highest BCUT2D eigenvalue weighted by Crippen LogP contribution is 2.41. The van der Waals surface area contributed by atoms with Gasteiger partial charge in [0.05, 0.1) is 31.0 Å². The number of benzene rings is 1. The van der Waals surface area contributed by atoms with Gasteiger partial charge < -0.3 is 29.5 Å². The molecule has 3 aromatic rings. The van der Waals surface area contributed by atoms with Crippen LogP contribution in [0.2, 0.25) is 0 Å². The molecule has 5 rings (SSSR count). The lowest BCUT2D eigenvalue weighted by Crippen LogP contribution is -2.36. The third-order valence-electron chi connectivity index (χ3n) is 7.03. The normalized spacial score (nSPS) is 20.4. The molecule has 7 nitrogen and oxygen atoms in total. The van der Waals surface area contributed by atoms with Gasteiger partial charge in [0.2, 0.25) is 0 Å². The van der Waals surface area contributed by atoms with Crippen molar-refractivity contribution in [1.29, 1.82) is 0 Å². The zero-order valence-corrected chi connectivity index (χ0v) is 21.2. The molecule has 0 aliphatic carbocycles. The van der Waals surface area contributed by atoms with Gasteiger partial charge in [-0.05, 0) is 80.5 Å². The molecule has 2 saturated heterocycles. The quantitative estimate of drug-likeness (QED) is 0.489. The maximum absolute atomic E-state index is 9.50. The first-order valence-corrected chi connectivity index (χ1v) is 12.7.